The van der Waals surface area contributed by atoms with Gasteiger partial charge in [-0.25, -0.2) is 0 Å². The van der Waals surface area contributed by atoms with Crippen molar-refractivity contribution in [1.29, 1.82) is 0 Å². The molecule has 150 valence electrons. The molecule has 0 aliphatic carbocycles. The van der Waals surface area contributed by atoms with Crippen LogP contribution in [0.2, 0.25) is 0 Å². The van der Waals surface area contributed by atoms with Gasteiger partial charge < -0.3 is 15.1 Å². The monoisotopic (exact) mass is 416 g/mol. The fourth-order valence-corrected chi connectivity index (χ4v) is 3.89. The highest BCUT2D eigenvalue weighted by molar-refractivity contribution is 7.10. The summed E-state index contributed by atoms with van der Waals surface area (Å²) in [6.07, 6.45) is 2.16. The Kier molecular flexibility index (Phi) is 6.06. The molecule has 0 spiro atoms. The summed E-state index contributed by atoms with van der Waals surface area (Å²) in [4.78, 5) is 26.0. The lowest BCUT2D eigenvalue weighted by Gasteiger charge is -2.18. The van der Waals surface area contributed by atoms with E-state index in [1.54, 1.807) is 47.7 Å². The SMILES string of the molecule is O=C(NC(Cc1ccccc1)c1cccs1)c1ccc(NC(=O)c2ccco2)cc1. The topological polar surface area (TPSA) is 71.3 Å². The van der Waals surface area contributed by atoms with Gasteiger partial charge in [0.1, 0.15) is 0 Å². The fourth-order valence-electron chi connectivity index (χ4n) is 3.11. The van der Waals surface area contributed by atoms with Gasteiger partial charge in [-0.05, 0) is 59.8 Å². The van der Waals surface area contributed by atoms with Crippen LogP contribution in [0.5, 0.6) is 0 Å². The molecule has 2 heterocycles. The number of carbonyl (C=O) groups excluding carboxylic acids is 2. The Labute approximate surface area is 178 Å². The molecule has 1 atom stereocenters. The molecule has 0 aliphatic heterocycles. The van der Waals surface area contributed by atoms with Gasteiger partial charge in [0, 0.05) is 16.1 Å². The first-order chi connectivity index (χ1) is 14.7. The third-order valence-corrected chi connectivity index (χ3v) is 5.61. The standard InChI is InChI=1S/C24H20N2O3S/c27-23(18-10-12-19(13-11-18)25-24(28)21-8-4-14-29-21)26-20(22-9-5-15-30-22)16-17-6-2-1-3-7-17/h1-15,20H,16H2,(H,25,28)(H,26,27). The number of anilines is 1. The highest BCUT2D eigenvalue weighted by Gasteiger charge is 2.18. The average molecular weight is 417 g/mol. The van der Waals surface area contributed by atoms with E-state index >= 15 is 0 Å². The molecule has 4 rings (SSSR count). The van der Waals surface area contributed by atoms with Gasteiger partial charge in [-0.2, -0.15) is 0 Å². The molecule has 2 aromatic heterocycles. The zero-order chi connectivity index (χ0) is 20.8. The minimum atomic E-state index is -0.335. The summed E-state index contributed by atoms with van der Waals surface area (Å²) in [5.41, 5.74) is 2.28. The van der Waals surface area contributed by atoms with Crippen LogP contribution in [0.15, 0.2) is 94.9 Å². The predicted molar refractivity (Wildman–Crippen MR) is 118 cm³/mol. The summed E-state index contributed by atoms with van der Waals surface area (Å²) < 4.78 is 5.08. The Balaban J connectivity index is 1.44. The summed E-state index contributed by atoms with van der Waals surface area (Å²) in [7, 11) is 0. The molecule has 2 amide bonds. The minimum absolute atomic E-state index is 0.113. The second-order valence-corrected chi connectivity index (χ2v) is 7.72. The van der Waals surface area contributed by atoms with Crippen LogP contribution in [-0.2, 0) is 6.42 Å². The van der Waals surface area contributed by atoms with E-state index in [4.69, 9.17) is 4.42 Å². The Bertz CT molecular complexity index is 1090. The number of thiophene rings is 1. The maximum Gasteiger partial charge on any atom is 0.291 e. The van der Waals surface area contributed by atoms with E-state index in [1.165, 1.54) is 6.26 Å². The quantitative estimate of drug-likeness (QED) is 0.429. The predicted octanol–water partition coefficient (Wildman–Crippen LogP) is 5.31. The van der Waals surface area contributed by atoms with E-state index in [0.29, 0.717) is 17.7 Å². The molecule has 2 aromatic carbocycles. The third-order valence-electron chi connectivity index (χ3n) is 4.62. The van der Waals surface area contributed by atoms with Crippen LogP contribution in [-0.4, -0.2) is 11.8 Å². The van der Waals surface area contributed by atoms with E-state index in [1.807, 2.05) is 35.7 Å². The minimum Gasteiger partial charge on any atom is -0.459 e. The molecular weight excluding hydrogens is 396 g/mol. The van der Waals surface area contributed by atoms with Crippen molar-refractivity contribution in [2.45, 2.75) is 12.5 Å². The third kappa shape index (κ3) is 4.85. The van der Waals surface area contributed by atoms with Gasteiger partial charge in [-0.3, -0.25) is 9.59 Å². The van der Waals surface area contributed by atoms with Crippen molar-refractivity contribution < 1.29 is 14.0 Å². The van der Waals surface area contributed by atoms with Gasteiger partial charge in [0.2, 0.25) is 0 Å². The summed E-state index contributed by atoms with van der Waals surface area (Å²) in [6.45, 7) is 0. The summed E-state index contributed by atoms with van der Waals surface area (Å²) in [6, 6.07) is 24.0. The fraction of sp³-hybridized carbons (Fsp3) is 0.0833. The van der Waals surface area contributed by atoms with Gasteiger partial charge in [-0.15, -0.1) is 11.3 Å². The number of hydrogen-bond donors (Lipinski definition) is 2. The Hall–Kier alpha value is -3.64. The molecule has 0 fully saturated rings. The first-order valence-corrected chi connectivity index (χ1v) is 10.4. The van der Waals surface area contributed by atoms with E-state index in [0.717, 1.165) is 10.4 Å². The molecule has 4 aromatic rings. The van der Waals surface area contributed by atoms with Gasteiger partial charge in [-0.1, -0.05) is 36.4 Å². The highest BCUT2D eigenvalue weighted by atomic mass is 32.1. The van der Waals surface area contributed by atoms with E-state index in [2.05, 4.69) is 22.8 Å². The molecule has 0 saturated heterocycles. The molecular formula is C24H20N2O3S. The average Bonchev–Trinajstić information content (AvgIpc) is 3.49. The van der Waals surface area contributed by atoms with E-state index < -0.39 is 0 Å². The number of benzene rings is 2. The molecule has 30 heavy (non-hydrogen) atoms. The summed E-state index contributed by atoms with van der Waals surface area (Å²) in [5.74, 6) is -0.261. The van der Waals surface area contributed by atoms with Crippen LogP contribution in [0, 0.1) is 0 Å². The maximum atomic E-state index is 12.9. The molecule has 5 nitrogen and oxygen atoms in total. The Morgan fingerprint density at radius 1 is 0.867 bits per heavy atom. The van der Waals surface area contributed by atoms with Crippen molar-refractivity contribution >= 4 is 28.8 Å². The van der Waals surface area contributed by atoms with Crippen LogP contribution < -0.4 is 10.6 Å². The zero-order valence-electron chi connectivity index (χ0n) is 16.1. The first-order valence-electron chi connectivity index (χ1n) is 9.52. The highest BCUT2D eigenvalue weighted by Crippen LogP contribution is 2.24. The zero-order valence-corrected chi connectivity index (χ0v) is 16.9. The number of nitrogens with one attached hydrogen (secondary N) is 2. The van der Waals surface area contributed by atoms with Crippen molar-refractivity contribution in [3.05, 3.63) is 112 Å². The van der Waals surface area contributed by atoms with Crippen molar-refractivity contribution in [3.63, 3.8) is 0 Å². The van der Waals surface area contributed by atoms with Crippen molar-refractivity contribution in [3.8, 4) is 0 Å². The Morgan fingerprint density at radius 3 is 2.33 bits per heavy atom. The molecule has 2 N–H and O–H groups in total. The smallest absolute Gasteiger partial charge is 0.291 e. The number of carbonyl (C=O) groups is 2. The summed E-state index contributed by atoms with van der Waals surface area (Å²) >= 11 is 1.62. The van der Waals surface area contributed by atoms with Crippen LogP contribution in [0.3, 0.4) is 0 Å². The molecule has 1 unspecified atom stereocenters. The molecule has 6 heteroatoms. The molecule has 0 aliphatic rings. The number of hydrogen-bond acceptors (Lipinski definition) is 4. The van der Waals surface area contributed by atoms with Crippen LogP contribution in [0.25, 0.3) is 0 Å². The lowest BCUT2D eigenvalue weighted by atomic mass is 10.0. The lowest BCUT2D eigenvalue weighted by molar-refractivity contribution is 0.0936. The van der Waals surface area contributed by atoms with Gasteiger partial charge >= 0.3 is 0 Å². The number of rotatable bonds is 7. The Morgan fingerprint density at radius 2 is 1.67 bits per heavy atom. The number of amides is 2. The molecule has 0 saturated carbocycles. The van der Waals surface area contributed by atoms with Gasteiger partial charge in [0.25, 0.3) is 11.8 Å². The second-order valence-electron chi connectivity index (χ2n) is 6.74. The van der Waals surface area contributed by atoms with E-state index in [-0.39, 0.29) is 23.6 Å². The van der Waals surface area contributed by atoms with Gasteiger partial charge in [0.05, 0.1) is 12.3 Å². The lowest BCUT2D eigenvalue weighted by Crippen LogP contribution is -2.29. The second kappa shape index (κ2) is 9.24. The molecule has 0 radical (unpaired) electrons. The van der Waals surface area contributed by atoms with Crippen molar-refractivity contribution in [2.75, 3.05) is 5.32 Å². The maximum absolute atomic E-state index is 12.9. The van der Waals surface area contributed by atoms with Crippen molar-refractivity contribution in [1.82, 2.24) is 5.32 Å². The summed E-state index contributed by atoms with van der Waals surface area (Å²) in [5, 5.41) is 7.89. The number of furan rings is 1. The van der Waals surface area contributed by atoms with Crippen LogP contribution in [0.1, 0.15) is 37.4 Å². The van der Waals surface area contributed by atoms with Crippen molar-refractivity contribution in [2.24, 2.45) is 0 Å². The molecule has 0 bridgehead atoms. The normalized spacial score (nSPS) is 11.6. The van der Waals surface area contributed by atoms with Crippen LogP contribution >= 0.6 is 11.3 Å². The van der Waals surface area contributed by atoms with E-state index in [9.17, 15) is 9.59 Å². The first kappa shape index (κ1) is 19.7. The largest absolute Gasteiger partial charge is 0.459 e. The van der Waals surface area contributed by atoms with Crippen LogP contribution in [0.4, 0.5) is 5.69 Å². The van der Waals surface area contributed by atoms with Gasteiger partial charge in [0.15, 0.2) is 5.76 Å².